The number of likely N-dealkylation sites (tertiary alicyclic amines) is 2. The molecule has 2 aromatic rings. The van der Waals surface area contributed by atoms with Crippen LogP contribution >= 0.6 is 0 Å². The van der Waals surface area contributed by atoms with Crippen LogP contribution in [-0.4, -0.2) is 87.8 Å². The Kier molecular flexibility index (Phi) is 11.5. The molecule has 1 spiro atoms. The van der Waals surface area contributed by atoms with Gasteiger partial charge in [0.1, 0.15) is 17.2 Å². The summed E-state index contributed by atoms with van der Waals surface area (Å²) < 4.78 is 66.7. The van der Waals surface area contributed by atoms with Gasteiger partial charge in [-0.2, -0.15) is 13.2 Å². The molecule has 0 aromatic heterocycles. The normalized spacial score (nSPS) is 20.2. The molecule has 3 aliphatic rings. The number of nitrogens with zero attached hydrogens (tertiary/aromatic N) is 3. The van der Waals surface area contributed by atoms with Gasteiger partial charge in [0.25, 0.3) is 5.91 Å². The van der Waals surface area contributed by atoms with Crippen LogP contribution in [0.25, 0.3) is 0 Å². The minimum atomic E-state index is -5.08. The number of benzene rings is 2. The van der Waals surface area contributed by atoms with Crippen LogP contribution in [0.4, 0.5) is 26.7 Å². The molecule has 2 amide bonds. The maximum Gasteiger partial charge on any atom is 0.490 e. The number of hydrogen-bond donors (Lipinski definition) is 1. The lowest BCUT2D eigenvalue weighted by molar-refractivity contribution is -0.192. The highest BCUT2D eigenvalue weighted by atomic mass is 19.4. The average Bonchev–Trinajstić information content (AvgIpc) is 3.26. The molecule has 5 rings (SSSR count). The van der Waals surface area contributed by atoms with Gasteiger partial charge < -0.3 is 14.7 Å². The Hall–Kier alpha value is -3.74. The molecule has 47 heavy (non-hydrogen) atoms. The van der Waals surface area contributed by atoms with Crippen molar-refractivity contribution in [2.75, 3.05) is 26.2 Å². The molecule has 0 saturated carbocycles. The zero-order valence-corrected chi connectivity index (χ0v) is 26.9. The van der Waals surface area contributed by atoms with Crippen LogP contribution in [0, 0.1) is 25.5 Å². The lowest BCUT2D eigenvalue weighted by Gasteiger charge is -2.46. The lowest BCUT2D eigenvalue weighted by atomic mass is 9.81. The van der Waals surface area contributed by atoms with Crippen LogP contribution in [0.15, 0.2) is 36.4 Å². The second-order valence-electron chi connectivity index (χ2n) is 12.5. The van der Waals surface area contributed by atoms with Gasteiger partial charge in [0.15, 0.2) is 0 Å². The van der Waals surface area contributed by atoms with E-state index in [1.54, 1.807) is 4.90 Å². The predicted molar refractivity (Wildman–Crippen MR) is 164 cm³/mol. The molecular weight excluding hydrogens is 625 g/mol. The molecule has 2 aromatic carbocycles. The van der Waals surface area contributed by atoms with E-state index in [2.05, 4.69) is 11.8 Å². The van der Waals surface area contributed by atoms with Crippen molar-refractivity contribution >= 4 is 18.0 Å². The summed E-state index contributed by atoms with van der Waals surface area (Å²) in [5, 5.41) is 7.12. The first-order valence-corrected chi connectivity index (χ1v) is 16.0. The summed E-state index contributed by atoms with van der Waals surface area (Å²) in [6.45, 7) is 9.03. The van der Waals surface area contributed by atoms with Gasteiger partial charge in [0.05, 0.1) is 12.6 Å². The summed E-state index contributed by atoms with van der Waals surface area (Å²) >= 11 is 0. The van der Waals surface area contributed by atoms with Gasteiger partial charge >= 0.3 is 18.2 Å². The van der Waals surface area contributed by atoms with Gasteiger partial charge in [0.2, 0.25) is 0 Å². The van der Waals surface area contributed by atoms with Crippen molar-refractivity contribution in [2.45, 2.75) is 96.1 Å². The molecule has 3 aliphatic heterocycles. The Morgan fingerprint density at radius 2 is 1.49 bits per heavy atom. The standard InChI is InChI=1S/C32H41F2N3O3.C2HF3O2/c1-4-5-12-28-32(40-31(39)37(28)21-25-26(33)10-7-11-27(25)34)15-19-35(20-16-32)24-13-17-36(18-14-24)30(38)29-22(2)8-6-9-23(29)3;3-2(4,5)1(6)7/h6-11,24,28H,4-5,12-21H2,1-3H3;(H,6,7). The zero-order chi connectivity index (χ0) is 34.5. The molecule has 3 fully saturated rings. The molecule has 1 N–H and O–H groups in total. The summed E-state index contributed by atoms with van der Waals surface area (Å²) in [4.78, 5) is 41.3. The molecular formula is C34H42F5N3O5. The van der Waals surface area contributed by atoms with Gasteiger partial charge in [-0.3, -0.25) is 14.6 Å². The molecule has 0 aliphatic carbocycles. The Morgan fingerprint density at radius 1 is 0.957 bits per heavy atom. The van der Waals surface area contributed by atoms with Crippen molar-refractivity contribution in [1.29, 1.82) is 0 Å². The number of aryl methyl sites for hydroxylation is 2. The molecule has 258 valence electrons. The highest BCUT2D eigenvalue weighted by Crippen LogP contribution is 2.42. The molecule has 0 bridgehead atoms. The van der Waals surface area contributed by atoms with E-state index >= 15 is 0 Å². The van der Waals surface area contributed by atoms with E-state index in [-0.39, 0.29) is 24.1 Å². The van der Waals surface area contributed by atoms with Crippen molar-refractivity contribution in [3.8, 4) is 0 Å². The number of unbranched alkanes of at least 4 members (excludes halogenated alkanes) is 1. The molecule has 8 nitrogen and oxygen atoms in total. The minimum absolute atomic E-state index is 0.0855. The van der Waals surface area contributed by atoms with Crippen molar-refractivity contribution in [1.82, 2.24) is 14.7 Å². The van der Waals surface area contributed by atoms with Gasteiger partial charge in [-0.15, -0.1) is 0 Å². The van der Waals surface area contributed by atoms with Crippen molar-refractivity contribution < 1.29 is 46.2 Å². The fraction of sp³-hybridized carbons (Fsp3) is 0.559. The van der Waals surface area contributed by atoms with E-state index in [4.69, 9.17) is 14.6 Å². The topological polar surface area (TPSA) is 90.4 Å². The van der Waals surface area contributed by atoms with E-state index < -0.39 is 35.5 Å². The first-order valence-electron chi connectivity index (χ1n) is 16.0. The molecule has 3 heterocycles. The number of carbonyl (C=O) groups excluding carboxylic acids is 2. The Labute approximate surface area is 271 Å². The number of carbonyl (C=O) groups is 3. The molecule has 1 atom stereocenters. The second-order valence-corrected chi connectivity index (χ2v) is 12.5. The highest BCUT2D eigenvalue weighted by Gasteiger charge is 2.55. The monoisotopic (exact) mass is 667 g/mol. The number of alkyl halides is 3. The first kappa shape index (κ1) is 36.1. The Balaban J connectivity index is 0.000000644. The molecule has 0 radical (unpaired) electrons. The first-order chi connectivity index (χ1) is 22.2. The van der Waals surface area contributed by atoms with Crippen LogP contribution in [-0.2, 0) is 16.1 Å². The van der Waals surface area contributed by atoms with E-state index in [1.165, 1.54) is 18.2 Å². The molecule has 3 saturated heterocycles. The number of hydrogen-bond acceptors (Lipinski definition) is 5. The lowest BCUT2D eigenvalue weighted by Crippen LogP contribution is -2.56. The van der Waals surface area contributed by atoms with Gasteiger partial charge in [-0.25, -0.2) is 18.4 Å². The quantitative estimate of drug-likeness (QED) is 0.325. The maximum absolute atomic E-state index is 14.5. The van der Waals surface area contributed by atoms with Crippen LogP contribution in [0.2, 0.25) is 0 Å². The van der Waals surface area contributed by atoms with E-state index in [0.29, 0.717) is 18.9 Å². The highest BCUT2D eigenvalue weighted by molar-refractivity contribution is 5.97. The Bertz CT molecular complexity index is 1400. The summed E-state index contributed by atoms with van der Waals surface area (Å²) in [6.07, 6.45) is 0.301. The number of halogens is 5. The maximum atomic E-state index is 14.5. The zero-order valence-electron chi connectivity index (χ0n) is 26.9. The second kappa shape index (κ2) is 15.0. The smallest absolute Gasteiger partial charge is 0.475 e. The fourth-order valence-electron chi connectivity index (χ4n) is 7.00. The van der Waals surface area contributed by atoms with Gasteiger partial charge in [0, 0.05) is 56.2 Å². The van der Waals surface area contributed by atoms with E-state index in [9.17, 15) is 31.5 Å². The van der Waals surface area contributed by atoms with Crippen LogP contribution in [0.1, 0.15) is 78.9 Å². The Morgan fingerprint density at radius 3 is 2.00 bits per heavy atom. The number of carboxylic acid groups (broad SMARTS) is 1. The summed E-state index contributed by atoms with van der Waals surface area (Å²) in [5.74, 6) is -3.91. The third kappa shape index (κ3) is 8.22. The van der Waals surface area contributed by atoms with Crippen molar-refractivity contribution in [3.05, 3.63) is 70.3 Å². The summed E-state index contributed by atoms with van der Waals surface area (Å²) in [7, 11) is 0. The van der Waals surface area contributed by atoms with Crippen molar-refractivity contribution in [3.63, 3.8) is 0 Å². The number of amides is 2. The van der Waals surface area contributed by atoms with Crippen LogP contribution < -0.4 is 0 Å². The summed E-state index contributed by atoms with van der Waals surface area (Å²) in [6, 6.07) is 9.95. The van der Waals surface area contributed by atoms with Crippen molar-refractivity contribution in [2.24, 2.45) is 0 Å². The number of aliphatic carboxylic acids is 1. The van der Waals surface area contributed by atoms with E-state index in [1.807, 2.05) is 36.9 Å². The van der Waals surface area contributed by atoms with Crippen LogP contribution in [0.5, 0.6) is 0 Å². The largest absolute Gasteiger partial charge is 0.490 e. The predicted octanol–water partition coefficient (Wildman–Crippen LogP) is 6.87. The van der Waals surface area contributed by atoms with E-state index in [0.717, 1.165) is 75.0 Å². The minimum Gasteiger partial charge on any atom is -0.475 e. The SMILES string of the molecule is CCCCC1N(Cc2c(F)cccc2F)C(=O)OC12CCN(C1CCN(C(=O)c3c(C)cccc3C)CC1)CC2.O=C(O)C(F)(F)F. The third-order valence-corrected chi connectivity index (χ3v) is 9.58. The van der Waals surface area contributed by atoms with Gasteiger partial charge in [-0.05, 0) is 56.4 Å². The number of carboxylic acids is 1. The number of rotatable bonds is 7. The fourth-order valence-corrected chi connectivity index (χ4v) is 7.00. The van der Waals surface area contributed by atoms with Crippen LogP contribution in [0.3, 0.4) is 0 Å². The third-order valence-electron chi connectivity index (χ3n) is 9.58. The number of ether oxygens (including phenoxy) is 1. The molecule has 1 unspecified atom stereocenters. The van der Waals surface area contributed by atoms with Gasteiger partial charge in [-0.1, -0.05) is 44.0 Å². The summed E-state index contributed by atoms with van der Waals surface area (Å²) in [5.41, 5.74) is 2.14. The average molecular weight is 668 g/mol. The number of piperidine rings is 2. The molecule has 13 heteroatoms.